The summed E-state index contributed by atoms with van der Waals surface area (Å²) in [6, 6.07) is 5.01. The third kappa shape index (κ3) is 6.52. The van der Waals surface area contributed by atoms with E-state index in [0.717, 1.165) is 12.8 Å². The molecule has 0 aliphatic rings. The molecule has 1 aromatic carbocycles. The molecule has 0 atom stereocenters. The van der Waals surface area contributed by atoms with Crippen molar-refractivity contribution in [3.05, 3.63) is 52.9 Å². The lowest BCUT2D eigenvalue weighted by Gasteiger charge is -2.14. The van der Waals surface area contributed by atoms with E-state index in [0.29, 0.717) is 37.2 Å². The largest absolute Gasteiger partial charge is 0.488 e. The lowest BCUT2D eigenvalue weighted by atomic mass is 10.2. The zero-order valence-electron chi connectivity index (χ0n) is 17.2. The molecule has 0 spiro atoms. The van der Waals surface area contributed by atoms with Crippen molar-refractivity contribution >= 4 is 16.9 Å². The molecular weight excluding hydrogens is 372 g/mol. The van der Waals surface area contributed by atoms with Gasteiger partial charge in [-0.3, -0.25) is 4.79 Å². The zero-order valence-corrected chi connectivity index (χ0v) is 17.2. The van der Waals surface area contributed by atoms with Crippen molar-refractivity contribution in [3.63, 3.8) is 0 Å². The Morgan fingerprint density at radius 2 is 1.59 bits per heavy atom. The monoisotopic (exact) mass is 400 g/mol. The summed E-state index contributed by atoms with van der Waals surface area (Å²) >= 11 is 0. The first-order valence-electron chi connectivity index (χ1n) is 9.92. The third-order valence-electron chi connectivity index (χ3n) is 3.93. The Hall–Kier alpha value is -3.02. The number of benzene rings is 1. The molecule has 6 heteroatoms. The predicted molar refractivity (Wildman–Crippen MR) is 113 cm³/mol. The topological polar surface area (TPSA) is 75.0 Å². The van der Waals surface area contributed by atoms with Gasteiger partial charge in [0.2, 0.25) is 5.75 Å². The predicted octanol–water partition coefficient (Wildman–Crippen LogP) is 5.19. The molecule has 0 fully saturated rings. The standard InChI is InChI=1S/C23H28O6/c1-4-6-8-10-15-26-21-18-13-12-14-19(28-17(3)24)20(18)29-23(25)22(21)27-16-11-9-7-5-2/h6-9,12-14H,4-5,10-11,15-16H2,1-3H3. The minimum Gasteiger partial charge on any atom is -0.488 e. The van der Waals surface area contributed by atoms with E-state index in [1.54, 1.807) is 18.2 Å². The van der Waals surface area contributed by atoms with Crippen LogP contribution in [0.1, 0.15) is 46.5 Å². The maximum atomic E-state index is 12.6. The summed E-state index contributed by atoms with van der Waals surface area (Å²) in [5, 5.41) is 0.516. The molecule has 0 amide bonds. The number of allylic oxidation sites excluding steroid dienone is 2. The molecule has 2 rings (SSSR count). The summed E-state index contributed by atoms with van der Waals surface area (Å²) in [4.78, 5) is 24.0. The van der Waals surface area contributed by atoms with Gasteiger partial charge in [0.1, 0.15) is 0 Å². The highest BCUT2D eigenvalue weighted by molar-refractivity contribution is 5.91. The Kier molecular flexibility index (Phi) is 9.02. The number of fused-ring (bicyclic) bond motifs is 1. The average molecular weight is 400 g/mol. The molecule has 29 heavy (non-hydrogen) atoms. The first kappa shape index (κ1) is 22.3. The van der Waals surface area contributed by atoms with Gasteiger partial charge in [0.25, 0.3) is 0 Å². The van der Waals surface area contributed by atoms with Crippen LogP contribution in [0.4, 0.5) is 0 Å². The van der Waals surface area contributed by atoms with Crippen LogP contribution in [0.5, 0.6) is 17.2 Å². The van der Waals surface area contributed by atoms with Crippen molar-refractivity contribution in [2.45, 2.75) is 46.5 Å². The van der Waals surface area contributed by atoms with Crippen LogP contribution >= 0.6 is 0 Å². The van der Waals surface area contributed by atoms with Crippen LogP contribution in [0.3, 0.4) is 0 Å². The normalized spacial score (nSPS) is 11.4. The molecule has 156 valence electrons. The van der Waals surface area contributed by atoms with Gasteiger partial charge < -0.3 is 18.6 Å². The molecule has 0 saturated carbocycles. The quantitative estimate of drug-likeness (QED) is 0.170. The second-order valence-electron chi connectivity index (χ2n) is 6.31. The minimum absolute atomic E-state index is 0.0295. The SMILES string of the molecule is CCC=CCCOc1c(OCCC=CCC)c2cccc(OC(C)=O)c2oc1=O. The van der Waals surface area contributed by atoms with Gasteiger partial charge in [0.15, 0.2) is 17.1 Å². The van der Waals surface area contributed by atoms with E-state index >= 15 is 0 Å². The number of rotatable bonds is 11. The maximum absolute atomic E-state index is 12.6. The van der Waals surface area contributed by atoms with Crippen LogP contribution in [0.25, 0.3) is 11.0 Å². The number of para-hydroxylation sites is 1. The average Bonchev–Trinajstić information content (AvgIpc) is 2.69. The summed E-state index contributed by atoms with van der Waals surface area (Å²) < 4.78 is 22.2. The fraction of sp³-hybridized carbons (Fsp3) is 0.391. The first-order chi connectivity index (χ1) is 14.1. The van der Waals surface area contributed by atoms with Crippen LogP contribution in [-0.4, -0.2) is 19.2 Å². The smallest absolute Gasteiger partial charge is 0.383 e. The van der Waals surface area contributed by atoms with Crippen molar-refractivity contribution in [1.29, 1.82) is 0 Å². The molecule has 0 bridgehead atoms. The zero-order chi connectivity index (χ0) is 21.1. The van der Waals surface area contributed by atoms with Crippen LogP contribution in [0, 0.1) is 0 Å². The first-order valence-corrected chi connectivity index (χ1v) is 9.92. The van der Waals surface area contributed by atoms with E-state index in [2.05, 4.69) is 19.9 Å². The fourth-order valence-corrected chi connectivity index (χ4v) is 2.68. The third-order valence-corrected chi connectivity index (χ3v) is 3.93. The summed E-state index contributed by atoms with van der Waals surface area (Å²) in [7, 11) is 0. The molecule has 1 aromatic heterocycles. The molecule has 2 aromatic rings. The van der Waals surface area contributed by atoms with Crippen molar-refractivity contribution in [2.75, 3.05) is 13.2 Å². The van der Waals surface area contributed by atoms with E-state index in [9.17, 15) is 9.59 Å². The molecule has 0 radical (unpaired) electrons. The Balaban J connectivity index is 2.40. The lowest BCUT2D eigenvalue weighted by molar-refractivity contribution is -0.131. The van der Waals surface area contributed by atoms with Gasteiger partial charge >= 0.3 is 11.6 Å². The van der Waals surface area contributed by atoms with Crippen LogP contribution in [0.2, 0.25) is 0 Å². The second-order valence-corrected chi connectivity index (χ2v) is 6.31. The molecule has 0 aliphatic heterocycles. The van der Waals surface area contributed by atoms with Crippen molar-refractivity contribution < 1.29 is 23.4 Å². The van der Waals surface area contributed by atoms with E-state index in [4.69, 9.17) is 18.6 Å². The van der Waals surface area contributed by atoms with Gasteiger partial charge in [-0.05, 0) is 37.8 Å². The van der Waals surface area contributed by atoms with Gasteiger partial charge in [-0.1, -0.05) is 44.2 Å². The van der Waals surface area contributed by atoms with Crippen molar-refractivity contribution in [1.82, 2.24) is 0 Å². The van der Waals surface area contributed by atoms with Crippen LogP contribution in [0.15, 0.2) is 51.7 Å². The number of carbonyl (C=O) groups excluding carboxylic acids is 1. The van der Waals surface area contributed by atoms with Gasteiger partial charge in [-0.2, -0.15) is 0 Å². The maximum Gasteiger partial charge on any atom is 0.383 e. The summed E-state index contributed by atoms with van der Waals surface area (Å²) in [5.74, 6) is -0.00733. The second kappa shape index (κ2) is 11.7. The van der Waals surface area contributed by atoms with Crippen molar-refractivity contribution in [3.8, 4) is 17.2 Å². The number of carbonyl (C=O) groups is 1. The van der Waals surface area contributed by atoms with Gasteiger partial charge in [-0.15, -0.1) is 0 Å². The van der Waals surface area contributed by atoms with Gasteiger partial charge in [0.05, 0.1) is 18.6 Å². The number of hydrogen-bond donors (Lipinski definition) is 0. The Bertz CT molecular complexity index is 923. The van der Waals surface area contributed by atoms with Gasteiger partial charge in [-0.25, -0.2) is 4.79 Å². The Morgan fingerprint density at radius 3 is 2.17 bits per heavy atom. The molecule has 0 unspecified atom stereocenters. The molecule has 0 N–H and O–H groups in total. The molecule has 0 aliphatic carbocycles. The summed E-state index contributed by atoms with van der Waals surface area (Å²) in [6.45, 7) is 6.09. The molecule has 0 saturated heterocycles. The van der Waals surface area contributed by atoms with Crippen LogP contribution in [-0.2, 0) is 4.79 Å². The number of ether oxygens (including phenoxy) is 3. The molecule has 1 heterocycles. The lowest BCUT2D eigenvalue weighted by Crippen LogP contribution is -2.12. The van der Waals surface area contributed by atoms with E-state index in [1.165, 1.54) is 6.92 Å². The van der Waals surface area contributed by atoms with E-state index in [-0.39, 0.29) is 17.1 Å². The van der Waals surface area contributed by atoms with Crippen LogP contribution < -0.4 is 19.8 Å². The molecular formula is C23H28O6. The highest BCUT2D eigenvalue weighted by Crippen LogP contribution is 2.37. The van der Waals surface area contributed by atoms with E-state index < -0.39 is 11.6 Å². The molecule has 6 nitrogen and oxygen atoms in total. The van der Waals surface area contributed by atoms with E-state index in [1.807, 2.05) is 18.2 Å². The minimum atomic E-state index is -0.671. The number of esters is 1. The highest BCUT2D eigenvalue weighted by atomic mass is 16.5. The number of hydrogen-bond acceptors (Lipinski definition) is 6. The Labute approximate surface area is 170 Å². The Morgan fingerprint density at radius 1 is 0.966 bits per heavy atom. The summed E-state index contributed by atoms with van der Waals surface area (Å²) in [5.41, 5.74) is -0.513. The van der Waals surface area contributed by atoms with Crippen molar-refractivity contribution in [2.24, 2.45) is 0 Å². The summed E-state index contributed by atoms with van der Waals surface area (Å²) in [6.07, 6.45) is 11.4. The highest BCUT2D eigenvalue weighted by Gasteiger charge is 2.20. The fourth-order valence-electron chi connectivity index (χ4n) is 2.68. The van der Waals surface area contributed by atoms with Gasteiger partial charge in [0, 0.05) is 6.92 Å².